The van der Waals surface area contributed by atoms with E-state index < -0.39 is 0 Å². The summed E-state index contributed by atoms with van der Waals surface area (Å²) in [4.78, 5) is 32.5. The molecule has 0 aliphatic carbocycles. The molecule has 1 aromatic carbocycles. The summed E-state index contributed by atoms with van der Waals surface area (Å²) in [6.07, 6.45) is 2.08. The van der Waals surface area contributed by atoms with E-state index in [-0.39, 0.29) is 11.5 Å². The monoisotopic (exact) mass is 401 g/mol. The van der Waals surface area contributed by atoms with Crippen LogP contribution in [0.4, 0.5) is 0 Å². The lowest BCUT2D eigenvalue weighted by molar-refractivity contribution is -0.130. The number of hydrogen-bond acceptors (Lipinski definition) is 4. The van der Waals surface area contributed by atoms with E-state index in [1.54, 1.807) is 4.57 Å². The van der Waals surface area contributed by atoms with Gasteiger partial charge < -0.3 is 4.90 Å². The summed E-state index contributed by atoms with van der Waals surface area (Å²) in [5.74, 6) is 2.04. The average Bonchev–Trinajstić information content (AvgIpc) is 2.64. The molecule has 0 saturated carbocycles. The lowest BCUT2D eigenvalue weighted by atomic mass is 9.92. The van der Waals surface area contributed by atoms with Crippen molar-refractivity contribution in [3.05, 3.63) is 34.6 Å². The molecule has 0 N–H and O–H groups in total. The van der Waals surface area contributed by atoms with Crippen molar-refractivity contribution in [2.75, 3.05) is 18.8 Å². The van der Waals surface area contributed by atoms with Crippen LogP contribution in [0.5, 0.6) is 0 Å². The molecule has 1 aliphatic rings. The van der Waals surface area contributed by atoms with E-state index in [4.69, 9.17) is 4.98 Å². The zero-order chi connectivity index (χ0) is 20.3. The number of carbonyl (C=O) groups excluding carboxylic acids is 1. The Labute approximate surface area is 171 Å². The van der Waals surface area contributed by atoms with Gasteiger partial charge in [0.2, 0.25) is 5.91 Å². The minimum atomic E-state index is -0.0126. The van der Waals surface area contributed by atoms with E-state index >= 15 is 0 Å². The molecule has 0 bridgehead atoms. The van der Waals surface area contributed by atoms with E-state index in [0.717, 1.165) is 19.5 Å². The van der Waals surface area contributed by atoms with Crippen molar-refractivity contribution in [1.82, 2.24) is 14.5 Å². The van der Waals surface area contributed by atoms with Gasteiger partial charge >= 0.3 is 0 Å². The number of aromatic nitrogens is 2. The number of thioether (sulfide) groups is 1. The maximum atomic E-state index is 13.0. The van der Waals surface area contributed by atoms with Gasteiger partial charge in [0.05, 0.1) is 16.7 Å². The van der Waals surface area contributed by atoms with Gasteiger partial charge in [-0.2, -0.15) is 0 Å². The minimum absolute atomic E-state index is 0.0126. The van der Waals surface area contributed by atoms with Crippen molar-refractivity contribution >= 4 is 28.6 Å². The summed E-state index contributed by atoms with van der Waals surface area (Å²) < 4.78 is 1.75. The molecule has 1 aromatic heterocycles. The van der Waals surface area contributed by atoms with Crippen molar-refractivity contribution < 1.29 is 4.79 Å². The topological polar surface area (TPSA) is 55.2 Å². The summed E-state index contributed by atoms with van der Waals surface area (Å²) in [5.41, 5.74) is 0.685. The number of carbonyl (C=O) groups is 1. The van der Waals surface area contributed by atoms with Crippen LogP contribution in [0.15, 0.2) is 34.2 Å². The number of fused-ring (bicyclic) bond motifs is 1. The van der Waals surface area contributed by atoms with E-state index in [2.05, 4.69) is 27.7 Å². The van der Waals surface area contributed by atoms with Crippen LogP contribution in [0, 0.1) is 17.8 Å². The number of benzene rings is 1. The number of likely N-dealkylation sites (tertiary alicyclic amines) is 1. The molecule has 2 heterocycles. The smallest absolute Gasteiger partial charge is 0.262 e. The maximum absolute atomic E-state index is 13.0. The van der Waals surface area contributed by atoms with Gasteiger partial charge in [-0.15, -0.1) is 0 Å². The molecule has 5 nitrogen and oxygen atoms in total. The second-order valence-electron chi connectivity index (χ2n) is 8.58. The standard InChI is InChI=1S/C22H31N3O2S/c1-15(2)9-10-25-21(27)18-7-5-6-8-19(18)23-22(25)28-14-20(26)24-12-16(3)11-17(4)13-24/h5-8,15-17H,9-14H2,1-4H3. The highest BCUT2D eigenvalue weighted by atomic mass is 32.2. The fourth-order valence-corrected chi connectivity index (χ4v) is 4.85. The van der Waals surface area contributed by atoms with Gasteiger partial charge in [0.1, 0.15) is 0 Å². The predicted octanol–water partition coefficient (Wildman–Crippen LogP) is 4.04. The molecule has 1 aliphatic heterocycles. The Kier molecular flexibility index (Phi) is 6.81. The molecule has 1 saturated heterocycles. The van der Waals surface area contributed by atoms with E-state index in [1.807, 2.05) is 29.2 Å². The number of para-hydroxylation sites is 1. The molecule has 3 rings (SSSR count). The highest BCUT2D eigenvalue weighted by molar-refractivity contribution is 7.99. The lowest BCUT2D eigenvalue weighted by Crippen LogP contribution is -2.43. The van der Waals surface area contributed by atoms with Crippen LogP contribution >= 0.6 is 11.8 Å². The number of amides is 1. The zero-order valence-corrected chi connectivity index (χ0v) is 18.2. The van der Waals surface area contributed by atoms with Gasteiger partial charge in [-0.05, 0) is 42.7 Å². The van der Waals surface area contributed by atoms with Gasteiger partial charge in [-0.3, -0.25) is 14.2 Å². The fraction of sp³-hybridized carbons (Fsp3) is 0.591. The van der Waals surface area contributed by atoms with Crippen LogP contribution in [-0.4, -0.2) is 39.2 Å². The number of hydrogen-bond donors (Lipinski definition) is 0. The van der Waals surface area contributed by atoms with Crippen molar-refractivity contribution in [2.24, 2.45) is 17.8 Å². The predicted molar refractivity (Wildman–Crippen MR) is 116 cm³/mol. The molecule has 2 aromatic rings. The van der Waals surface area contributed by atoms with E-state index in [0.29, 0.717) is 46.1 Å². The Bertz CT molecular complexity index is 883. The second kappa shape index (κ2) is 9.12. The number of rotatable bonds is 6. The minimum Gasteiger partial charge on any atom is -0.341 e. The summed E-state index contributed by atoms with van der Waals surface area (Å²) in [7, 11) is 0. The molecular weight excluding hydrogens is 370 g/mol. The van der Waals surface area contributed by atoms with Gasteiger partial charge in [-0.25, -0.2) is 4.98 Å². The number of nitrogens with zero attached hydrogens (tertiary/aromatic N) is 3. The van der Waals surface area contributed by atoms with Crippen LogP contribution in [0.2, 0.25) is 0 Å². The fourth-order valence-electron chi connectivity index (χ4n) is 3.93. The third-order valence-electron chi connectivity index (χ3n) is 5.30. The molecule has 6 heteroatoms. The van der Waals surface area contributed by atoms with Crippen LogP contribution in [0.25, 0.3) is 10.9 Å². The molecule has 28 heavy (non-hydrogen) atoms. The normalized spacial score (nSPS) is 20.1. The Morgan fingerprint density at radius 3 is 2.57 bits per heavy atom. The highest BCUT2D eigenvalue weighted by Gasteiger charge is 2.25. The van der Waals surface area contributed by atoms with Crippen LogP contribution in [-0.2, 0) is 11.3 Å². The Hall–Kier alpha value is -1.82. The van der Waals surface area contributed by atoms with Crippen LogP contribution in [0.1, 0.15) is 40.5 Å². The highest BCUT2D eigenvalue weighted by Crippen LogP contribution is 2.24. The molecule has 1 fully saturated rings. The van der Waals surface area contributed by atoms with Gasteiger partial charge in [0.15, 0.2) is 5.16 Å². The van der Waals surface area contributed by atoms with Crippen LogP contribution < -0.4 is 5.56 Å². The van der Waals surface area contributed by atoms with Crippen molar-refractivity contribution in [1.29, 1.82) is 0 Å². The SMILES string of the molecule is CC(C)CCn1c(SCC(=O)N2CC(C)CC(C)C2)nc2ccccc2c1=O. The first-order valence-corrected chi connectivity index (χ1v) is 11.2. The maximum Gasteiger partial charge on any atom is 0.262 e. The van der Waals surface area contributed by atoms with Gasteiger partial charge in [0, 0.05) is 19.6 Å². The van der Waals surface area contributed by atoms with E-state index in [1.165, 1.54) is 18.2 Å². The molecule has 2 atom stereocenters. The third kappa shape index (κ3) is 4.96. The molecule has 0 spiro atoms. The lowest BCUT2D eigenvalue weighted by Gasteiger charge is -2.35. The first-order chi connectivity index (χ1) is 13.3. The second-order valence-corrected chi connectivity index (χ2v) is 9.53. The largest absolute Gasteiger partial charge is 0.341 e. The zero-order valence-electron chi connectivity index (χ0n) is 17.4. The first-order valence-electron chi connectivity index (χ1n) is 10.2. The van der Waals surface area contributed by atoms with Crippen LogP contribution in [0.3, 0.4) is 0 Å². The third-order valence-corrected chi connectivity index (χ3v) is 6.26. The Morgan fingerprint density at radius 2 is 1.89 bits per heavy atom. The van der Waals surface area contributed by atoms with Crippen molar-refractivity contribution in [3.8, 4) is 0 Å². The molecule has 1 amide bonds. The summed E-state index contributed by atoms with van der Waals surface area (Å²) in [6.45, 7) is 11.0. The van der Waals surface area contributed by atoms with Gasteiger partial charge in [-0.1, -0.05) is 51.6 Å². The summed E-state index contributed by atoms with van der Waals surface area (Å²) in [6, 6.07) is 7.45. The Morgan fingerprint density at radius 1 is 1.21 bits per heavy atom. The molecule has 0 radical (unpaired) electrons. The quantitative estimate of drug-likeness (QED) is 0.541. The molecule has 152 valence electrons. The first kappa shape index (κ1) is 20.9. The van der Waals surface area contributed by atoms with Crippen molar-refractivity contribution in [2.45, 2.75) is 52.2 Å². The molecular formula is C22H31N3O2S. The van der Waals surface area contributed by atoms with Gasteiger partial charge in [0.25, 0.3) is 5.56 Å². The summed E-state index contributed by atoms with van der Waals surface area (Å²) in [5, 5.41) is 1.29. The summed E-state index contributed by atoms with van der Waals surface area (Å²) >= 11 is 1.39. The average molecular weight is 402 g/mol. The number of piperidine rings is 1. The molecule has 2 unspecified atom stereocenters. The Balaban J connectivity index is 1.81. The van der Waals surface area contributed by atoms with E-state index in [9.17, 15) is 9.59 Å². The van der Waals surface area contributed by atoms with Crippen molar-refractivity contribution in [3.63, 3.8) is 0 Å².